The Morgan fingerprint density at radius 1 is 1.15 bits per heavy atom. The fourth-order valence-corrected chi connectivity index (χ4v) is 2.47. The van der Waals surface area contributed by atoms with Crippen molar-refractivity contribution in [1.82, 2.24) is 15.2 Å². The zero-order valence-electron chi connectivity index (χ0n) is 12.5. The van der Waals surface area contributed by atoms with Crippen molar-refractivity contribution in [3.05, 3.63) is 65.5 Å². The molecule has 0 saturated heterocycles. The van der Waals surface area contributed by atoms with Crippen LogP contribution in [0.4, 0.5) is 0 Å². The summed E-state index contributed by atoms with van der Waals surface area (Å²) in [6.07, 6.45) is 1.85. The predicted octanol–water partition coefficient (Wildman–Crippen LogP) is 2.78. The zero-order chi connectivity index (χ0) is 14.4. The Morgan fingerprint density at radius 3 is 2.55 bits per heavy atom. The number of hydrogen-bond donors (Lipinski definition) is 1. The highest BCUT2D eigenvalue weighted by Crippen LogP contribution is 2.18. The van der Waals surface area contributed by atoms with Crippen LogP contribution in [0.1, 0.15) is 22.9 Å². The Balaban J connectivity index is 2.01. The average molecular weight is 269 g/mol. The van der Waals surface area contributed by atoms with Crippen LogP contribution in [0.25, 0.3) is 0 Å². The third kappa shape index (κ3) is 3.89. The van der Waals surface area contributed by atoms with Crippen LogP contribution in [0.2, 0.25) is 0 Å². The maximum absolute atomic E-state index is 4.38. The van der Waals surface area contributed by atoms with Gasteiger partial charge in [0.2, 0.25) is 0 Å². The lowest BCUT2D eigenvalue weighted by atomic mass is 10.0. The zero-order valence-corrected chi connectivity index (χ0v) is 12.5. The summed E-state index contributed by atoms with van der Waals surface area (Å²) in [5.41, 5.74) is 3.80. The molecule has 3 nitrogen and oxygen atoms in total. The Morgan fingerprint density at radius 2 is 1.90 bits per heavy atom. The molecule has 0 spiro atoms. The highest BCUT2D eigenvalue weighted by atomic mass is 15.1. The first-order chi connectivity index (χ1) is 9.70. The van der Waals surface area contributed by atoms with E-state index in [1.54, 1.807) is 0 Å². The Labute approximate surface area is 121 Å². The summed E-state index contributed by atoms with van der Waals surface area (Å²) in [7, 11) is 4.16. The molecule has 0 radical (unpaired) electrons. The lowest BCUT2D eigenvalue weighted by Gasteiger charge is -2.25. The standard InChI is InChI=1S/C17H23N3/c1-14-8-4-5-10-16(14)17(18-2)13-20(3)12-15-9-6-7-11-19-15/h4-11,17-18H,12-13H2,1-3H3. The second kappa shape index (κ2) is 7.17. The molecule has 2 rings (SSSR count). The average Bonchev–Trinajstić information content (AvgIpc) is 2.46. The van der Waals surface area contributed by atoms with Gasteiger partial charge in [0.1, 0.15) is 0 Å². The van der Waals surface area contributed by atoms with Crippen molar-refractivity contribution in [2.24, 2.45) is 0 Å². The maximum atomic E-state index is 4.38. The lowest BCUT2D eigenvalue weighted by molar-refractivity contribution is 0.286. The Kier molecular flexibility index (Phi) is 5.27. The van der Waals surface area contributed by atoms with Gasteiger partial charge in [0.25, 0.3) is 0 Å². The number of pyridine rings is 1. The molecule has 0 aliphatic rings. The van der Waals surface area contributed by atoms with E-state index in [9.17, 15) is 0 Å². The Hall–Kier alpha value is -1.71. The quantitative estimate of drug-likeness (QED) is 0.874. The van der Waals surface area contributed by atoms with Crippen LogP contribution in [0.5, 0.6) is 0 Å². The van der Waals surface area contributed by atoms with Gasteiger partial charge in [-0.25, -0.2) is 0 Å². The molecule has 1 N–H and O–H groups in total. The number of likely N-dealkylation sites (N-methyl/N-ethyl adjacent to an activating group) is 2. The molecular weight excluding hydrogens is 246 g/mol. The van der Waals surface area contributed by atoms with Crippen LogP contribution in [0.3, 0.4) is 0 Å². The minimum Gasteiger partial charge on any atom is -0.312 e. The van der Waals surface area contributed by atoms with E-state index in [2.05, 4.69) is 59.5 Å². The molecule has 0 aliphatic heterocycles. The van der Waals surface area contributed by atoms with Gasteiger partial charge in [-0.3, -0.25) is 9.88 Å². The van der Waals surface area contributed by atoms with Gasteiger partial charge in [-0.05, 0) is 44.3 Å². The summed E-state index contributed by atoms with van der Waals surface area (Å²) in [6.45, 7) is 3.99. The molecule has 0 bridgehead atoms. The van der Waals surface area contributed by atoms with Crippen LogP contribution in [0.15, 0.2) is 48.7 Å². The van der Waals surface area contributed by atoms with Crippen molar-refractivity contribution >= 4 is 0 Å². The summed E-state index contributed by atoms with van der Waals surface area (Å²) < 4.78 is 0. The molecule has 106 valence electrons. The van der Waals surface area contributed by atoms with Crippen molar-refractivity contribution in [3.8, 4) is 0 Å². The van der Waals surface area contributed by atoms with Gasteiger partial charge >= 0.3 is 0 Å². The normalized spacial score (nSPS) is 12.6. The van der Waals surface area contributed by atoms with E-state index in [4.69, 9.17) is 0 Å². The van der Waals surface area contributed by atoms with E-state index in [0.29, 0.717) is 6.04 Å². The van der Waals surface area contributed by atoms with E-state index in [1.165, 1.54) is 11.1 Å². The number of nitrogens with zero attached hydrogens (tertiary/aromatic N) is 2. The van der Waals surface area contributed by atoms with E-state index in [-0.39, 0.29) is 0 Å². The smallest absolute Gasteiger partial charge is 0.0543 e. The first-order valence-corrected chi connectivity index (χ1v) is 7.02. The number of aromatic nitrogens is 1. The van der Waals surface area contributed by atoms with Crippen molar-refractivity contribution in [3.63, 3.8) is 0 Å². The number of rotatable bonds is 6. The minimum atomic E-state index is 0.338. The lowest BCUT2D eigenvalue weighted by Crippen LogP contribution is -2.31. The molecule has 1 atom stereocenters. The van der Waals surface area contributed by atoms with E-state index in [1.807, 2.05) is 25.4 Å². The number of aryl methyl sites for hydroxylation is 1. The molecule has 0 fully saturated rings. The van der Waals surface area contributed by atoms with Gasteiger partial charge in [-0.1, -0.05) is 30.3 Å². The summed E-state index contributed by atoms with van der Waals surface area (Å²) >= 11 is 0. The van der Waals surface area contributed by atoms with Crippen molar-refractivity contribution < 1.29 is 0 Å². The third-order valence-electron chi connectivity index (χ3n) is 3.56. The van der Waals surface area contributed by atoms with Gasteiger partial charge in [0, 0.05) is 25.3 Å². The molecule has 1 heterocycles. The molecule has 1 aromatic carbocycles. The van der Waals surface area contributed by atoms with E-state index in [0.717, 1.165) is 18.8 Å². The summed E-state index contributed by atoms with van der Waals surface area (Å²) in [4.78, 5) is 6.68. The minimum absolute atomic E-state index is 0.338. The van der Waals surface area contributed by atoms with Crippen LogP contribution in [-0.2, 0) is 6.54 Å². The first kappa shape index (κ1) is 14.7. The van der Waals surface area contributed by atoms with Gasteiger partial charge in [0.15, 0.2) is 0 Å². The summed E-state index contributed by atoms with van der Waals surface area (Å²) in [6, 6.07) is 14.9. The van der Waals surface area contributed by atoms with Crippen LogP contribution >= 0.6 is 0 Å². The second-order valence-electron chi connectivity index (χ2n) is 5.22. The molecular formula is C17H23N3. The largest absolute Gasteiger partial charge is 0.312 e. The van der Waals surface area contributed by atoms with E-state index < -0.39 is 0 Å². The molecule has 0 aliphatic carbocycles. The van der Waals surface area contributed by atoms with Crippen molar-refractivity contribution in [1.29, 1.82) is 0 Å². The summed E-state index contributed by atoms with van der Waals surface area (Å²) in [5.74, 6) is 0. The van der Waals surface area contributed by atoms with Crippen LogP contribution in [0, 0.1) is 6.92 Å². The van der Waals surface area contributed by atoms with Crippen molar-refractivity contribution in [2.75, 3.05) is 20.6 Å². The highest BCUT2D eigenvalue weighted by Gasteiger charge is 2.14. The molecule has 0 amide bonds. The highest BCUT2D eigenvalue weighted by molar-refractivity contribution is 5.29. The van der Waals surface area contributed by atoms with Gasteiger partial charge < -0.3 is 5.32 Å². The topological polar surface area (TPSA) is 28.2 Å². The van der Waals surface area contributed by atoms with E-state index >= 15 is 0 Å². The SMILES string of the molecule is CNC(CN(C)Cc1ccccn1)c1ccccc1C. The molecule has 0 saturated carbocycles. The fraction of sp³-hybridized carbons (Fsp3) is 0.353. The fourth-order valence-electron chi connectivity index (χ4n) is 2.47. The van der Waals surface area contributed by atoms with Gasteiger partial charge in [-0.2, -0.15) is 0 Å². The maximum Gasteiger partial charge on any atom is 0.0543 e. The predicted molar refractivity (Wildman–Crippen MR) is 83.6 cm³/mol. The Bertz CT molecular complexity index is 525. The van der Waals surface area contributed by atoms with Crippen LogP contribution < -0.4 is 5.32 Å². The first-order valence-electron chi connectivity index (χ1n) is 7.02. The molecule has 1 aromatic heterocycles. The molecule has 20 heavy (non-hydrogen) atoms. The third-order valence-corrected chi connectivity index (χ3v) is 3.56. The number of benzene rings is 1. The number of hydrogen-bond acceptors (Lipinski definition) is 3. The monoisotopic (exact) mass is 269 g/mol. The van der Waals surface area contributed by atoms with Crippen LogP contribution in [-0.4, -0.2) is 30.5 Å². The molecule has 2 aromatic rings. The van der Waals surface area contributed by atoms with Gasteiger partial charge in [0.05, 0.1) is 5.69 Å². The van der Waals surface area contributed by atoms with Crippen molar-refractivity contribution in [2.45, 2.75) is 19.5 Å². The van der Waals surface area contributed by atoms with Gasteiger partial charge in [-0.15, -0.1) is 0 Å². The second-order valence-corrected chi connectivity index (χ2v) is 5.22. The number of nitrogens with one attached hydrogen (secondary N) is 1. The molecule has 1 unspecified atom stereocenters. The molecule has 3 heteroatoms. The summed E-state index contributed by atoms with van der Waals surface area (Å²) in [5, 5.41) is 3.41.